The van der Waals surface area contributed by atoms with Gasteiger partial charge in [0.2, 0.25) is 0 Å². The average Bonchev–Trinajstić information content (AvgIpc) is 2.07. The highest BCUT2D eigenvalue weighted by atomic mass is 19.2. The molecule has 0 amide bonds. The van der Waals surface area contributed by atoms with Gasteiger partial charge in [0.25, 0.3) is 0 Å². The van der Waals surface area contributed by atoms with E-state index in [9.17, 15) is 18.0 Å². The first-order valence-electron chi connectivity index (χ1n) is 3.39. The number of carbonyl (C=O) groups excluding carboxylic acids is 1. The van der Waals surface area contributed by atoms with Gasteiger partial charge in [0, 0.05) is 0 Å². The molecule has 0 aliphatic carbocycles. The Kier molecular flexibility index (Phi) is 2.27. The minimum atomic E-state index is -1.72. The number of carbonyl (C=O) groups is 1. The monoisotopic (exact) mass is 189 g/mol. The number of ketones is 1. The predicted molar refractivity (Wildman–Crippen MR) is 40.7 cm³/mol. The number of nitrogen functional groups attached to an aromatic ring is 1. The molecule has 1 aromatic carbocycles. The van der Waals surface area contributed by atoms with E-state index in [0.717, 1.165) is 13.0 Å². The van der Waals surface area contributed by atoms with Crippen LogP contribution in [0.3, 0.4) is 0 Å². The molecule has 2 N–H and O–H groups in total. The minimum absolute atomic E-state index is 0.545. The van der Waals surface area contributed by atoms with E-state index >= 15 is 0 Å². The smallest absolute Gasteiger partial charge is 0.197 e. The maximum absolute atomic E-state index is 12.8. The van der Waals surface area contributed by atoms with Gasteiger partial charge in [-0.3, -0.25) is 4.79 Å². The van der Waals surface area contributed by atoms with Crippen molar-refractivity contribution in [1.82, 2.24) is 0 Å². The fourth-order valence-corrected chi connectivity index (χ4v) is 0.880. The maximum atomic E-state index is 12.8. The molecule has 0 saturated carbocycles. The summed E-state index contributed by atoms with van der Waals surface area (Å²) in [6.45, 7) is 1.04. The van der Waals surface area contributed by atoms with Crippen molar-refractivity contribution in [2.24, 2.45) is 0 Å². The van der Waals surface area contributed by atoms with E-state index in [1.165, 1.54) is 0 Å². The number of rotatable bonds is 1. The normalized spacial score (nSPS) is 10.2. The summed E-state index contributed by atoms with van der Waals surface area (Å²) in [5.74, 6) is -5.39. The number of benzene rings is 1. The van der Waals surface area contributed by atoms with Crippen LogP contribution >= 0.6 is 0 Å². The third-order valence-electron chi connectivity index (χ3n) is 1.55. The van der Waals surface area contributed by atoms with Crippen LogP contribution in [0.5, 0.6) is 0 Å². The number of hydrogen-bond acceptors (Lipinski definition) is 2. The third kappa shape index (κ3) is 1.49. The molecule has 70 valence electrons. The van der Waals surface area contributed by atoms with Crippen LogP contribution in [0.15, 0.2) is 6.07 Å². The molecule has 0 aromatic heterocycles. The molecule has 0 aliphatic heterocycles. The fourth-order valence-electron chi connectivity index (χ4n) is 0.880. The van der Waals surface area contributed by atoms with Gasteiger partial charge < -0.3 is 5.73 Å². The van der Waals surface area contributed by atoms with Gasteiger partial charge in [-0.2, -0.15) is 0 Å². The van der Waals surface area contributed by atoms with Gasteiger partial charge in [-0.1, -0.05) is 0 Å². The molecular weight excluding hydrogens is 183 g/mol. The zero-order valence-electron chi connectivity index (χ0n) is 6.70. The van der Waals surface area contributed by atoms with E-state index in [1.807, 2.05) is 0 Å². The summed E-state index contributed by atoms with van der Waals surface area (Å²) in [6, 6.07) is 0.774. The molecule has 0 unspecified atom stereocenters. The van der Waals surface area contributed by atoms with Crippen LogP contribution in [0.4, 0.5) is 18.9 Å². The van der Waals surface area contributed by atoms with Gasteiger partial charge in [-0.15, -0.1) is 0 Å². The number of hydrogen-bond donors (Lipinski definition) is 1. The van der Waals surface area contributed by atoms with Gasteiger partial charge in [0.1, 0.15) is 0 Å². The van der Waals surface area contributed by atoms with Gasteiger partial charge in [-0.05, 0) is 13.0 Å². The van der Waals surface area contributed by atoms with Gasteiger partial charge in [-0.25, -0.2) is 13.2 Å². The summed E-state index contributed by atoms with van der Waals surface area (Å²) in [5.41, 5.74) is 3.87. The van der Waals surface area contributed by atoms with Crippen LogP contribution in [-0.4, -0.2) is 5.78 Å². The Morgan fingerprint density at radius 2 is 1.77 bits per heavy atom. The second-order valence-corrected chi connectivity index (χ2v) is 2.51. The Morgan fingerprint density at radius 3 is 2.23 bits per heavy atom. The van der Waals surface area contributed by atoms with Crippen molar-refractivity contribution >= 4 is 11.5 Å². The van der Waals surface area contributed by atoms with Crippen LogP contribution in [0.25, 0.3) is 0 Å². The lowest BCUT2D eigenvalue weighted by molar-refractivity contribution is 0.101. The molecule has 1 rings (SSSR count). The molecule has 0 saturated heterocycles. The molecule has 0 bridgehead atoms. The molecule has 2 nitrogen and oxygen atoms in total. The molecule has 0 aliphatic rings. The maximum Gasteiger partial charge on any atom is 0.197 e. The van der Waals surface area contributed by atoms with Crippen LogP contribution in [0, 0.1) is 17.5 Å². The van der Waals surface area contributed by atoms with Crippen molar-refractivity contribution in [3.8, 4) is 0 Å². The second kappa shape index (κ2) is 3.08. The zero-order valence-corrected chi connectivity index (χ0v) is 6.70. The van der Waals surface area contributed by atoms with Crippen LogP contribution in [0.2, 0.25) is 0 Å². The molecule has 1 aromatic rings. The van der Waals surface area contributed by atoms with Crippen molar-refractivity contribution in [3.63, 3.8) is 0 Å². The first kappa shape index (κ1) is 9.57. The SMILES string of the molecule is CC(=O)c1cc(N)c(F)c(F)c1F. The lowest BCUT2D eigenvalue weighted by Crippen LogP contribution is -2.05. The molecule has 13 heavy (non-hydrogen) atoms. The van der Waals surface area contributed by atoms with E-state index in [1.54, 1.807) is 0 Å². The Morgan fingerprint density at radius 1 is 1.23 bits per heavy atom. The molecule has 0 radical (unpaired) electrons. The Hall–Kier alpha value is -1.52. The molecule has 0 atom stereocenters. The largest absolute Gasteiger partial charge is 0.396 e. The van der Waals surface area contributed by atoms with E-state index in [4.69, 9.17) is 5.73 Å². The Bertz CT molecular complexity index is 376. The number of Topliss-reactive ketones (excluding diaryl/α,β-unsaturated/α-hetero) is 1. The zero-order chi connectivity index (χ0) is 10.2. The lowest BCUT2D eigenvalue weighted by atomic mass is 10.1. The van der Waals surface area contributed by atoms with Gasteiger partial charge in [0.15, 0.2) is 23.2 Å². The Labute approximate surface area is 72.2 Å². The minimum Gasteiger partial charge on any atom is -0.396 e. The van der Waals surface area contributed by atoms with E-state index in [2.05, 4.69) is 0 Å². The topological polar surface area (TPSA) is 43.1 Å². The quantitative estimate of drug-likeness (QED) is 0.416. The summed E-state index contributed by atoms with van der Waals surface area (Å²) in [4.78, 5) is 10.7. The van der Waals surface area contributed by atoms with E-state index < -0.39 is 34.5 Å². The summed E-state index contributed by atoms with van der Waals surface area (Å²) >= 11 is 0. The highest BCUT2D eigenvalue weighted by Crippen LogP contribution is 2.21. The first-order valence-corrected chi connectivity index (χ1v) is 3.39. The second-order valence-electron chi connectivity index (χ2n) is 2.51. The number of halogens is 3. The van der Waals surface area contributed by atoms with Gasteiger partial charge >= 0.3 is 0 Å². The molecular formula is C8H6F3NO. The van der Waals surface area contributed by atoms with Crippen molar-refractivity contribution in [2.75, 3.05) is 5.73 Å². The van der Waals surface area contributed by atoms with Crippen molar-refractivity contribution in [2.45, 2.75) is 6.92 Å². The Balaban J connectivity index is 3.50. The summed E-state index contributed by atoms with van der Waals surface area (Å²) in [5, 5.41) is 0. The standard InChI is InChI=1S/C8H6F3NO/c1-3(13)4-2-5(12)7(10)8(11)6(4)9/h2H,12H2,1H3. The molecule has 0 fully saturated rings. The van der Waals surface area contributed by atoms with Crippen molar-refractivity contribution < 1.29 is 18.0 Å². The van der Waals surface area contributed by atoms with Gasteiger partial charge in [0.05, 0.1) is 11.3 Å². The predicted octanol–water partition coefficient (Wildman–Crippen LogP) is 1.89. The lowest BCUT2D eigenvalue weighted by Gasteiger charge is -2.03. The average molecular weight is 189 g/mol. The summed E-state index contributed by atoms with van der Waals surface area (Å²) in [6.07, 6.45) is 0. The first-order chi connectivity index (χ1) is 5.95. The van der Waals surface area contributed by atoms with Crippen LogP contribution < -0.4 is 5.73 Å². The summed E-state index contributed by atoms with van der Waals surface area (Å²) in [7, 11) is 0. The number of anilines is 1. The highest BCUT2D eigenvalue weighted by molar-refractivity contribution is 5.95. The molecule has 5 heteroatoms. The van der Waals surface area contributed by atoms with Crippen molar-refractivity contribution in [3.05, 3.63) is 29.1 Å². The van der Waals surface area contributed by atoms with Crippen LogP contribution in [-0.2, 0) is 0 Å². The molecule has 0 heterocycles. The number of nitrogens with two attached hydrogens (primary N) is 1. The third-order valence-corrected chi connectivity index (χ3v) is 1.55. The molecule has 0 spiro atoms. The van der Waals surface area contributed by atoms with E-state index in [0.29, 0.717) is 0 Å². The highest BCUT2D eigenvalue weighted by Gasteiger charge is 2.19. The van der Waals surface area contributed by atoms with E-state index in [-0.39, 0.29) is 0 Å². The fraction of sp³-hybridized carbons (Fsp3) is 0.125. The van der Waals surface area contributed by atoms with Crippen LogP contribution in [0.1, 0.15) is 17.3 Å². The summed E-state index contributed by atoms with van der Waals surface area (Å²) < 4.78 is 38.0. The van der Waals surface area contributed by atoms with Crippen molar-refractivity contribution in [1.29, 1.82) is 0 Å².